The van der Waals surface area contributed by atoms with E-state index in [1.165, 1.54) is 0 Å². The average Bonchev–Trinajstić information content (AvgIpc) is 2.65. The minimum Gasteiger partial charge on any atom is -0.340 e. The monoisotopic (exact) mass is 196 g/mol. The maximum absolute atomic E-state index is 11.9. The van der Waals surface area contributed by atoms with Crippen molar-refractivity contribution in [3.63, 3.8) is 0 Å². The molecule has 1 unspecified atom stereocenters. The van der Waals surface area contributed by atoms with E-state index in [-0.39, 0.29) is 17.6 Å². The van der Waals surface area contributed by atoms with Crippen LogP contribution in [0.4, 0.5) is 0 Å². The lowest BCUT2D eigenvalue weighted by Crippen LogP contribution is -2.48. The van der Waals surface area contributed by atoms with E-state index < -0.39 is 0 Å². The summed E-state index contributed by atoms with van der Waals surface area (Å²) in [5, 5.41) is 3.21. The number of Topliss-reactive ketones (excluding diaryl/α,β-unsaturated/α-hetero) is 1. The first-order chi connectivity index (χ1) is 6.77. The van der Waals surface area contributed by atoms with Crippen LogP contribution in [0.25, 0.3) is 0 Å². The molecule has 14 heavy (non-hydrogen) atoms. The highest BCUT2D eigenvalue weighted by Crippen LogP contribution is 2.23. The Labute approximate surface area is 83.6 Å². The summed E-state index contributed by atoms with van der Waals surface area (Å²) in [7, 11) is 0. The first-order valence-electron chi connectivity index (χ1n) is 5.28. The zero-order valence-electron chi connectivity index (χ0n) is 8.29. The minimum absolute atomic E-state index is 0.0133. The minimum atomic E-state index is -0.0133. The molecule has 1 aliphatic carbocycles. The second-order valence-electron chi connectivity index (χ2n) is 4.05. The summed E-state index contributed by atoms with van der Waals surface area (Å²) in [5.74, 6) is 0.427. The van der Waals surface area contributed by atoms with Gasteiger partial charge >= 0.3 is 0 Å². The smallest absolute Gasteiger partial charge is 0.226 e. The summed E-state index contributed by atoms with van der Waals surface area (Å²) in [4.78, 5) is 24.8. The quantitative estimate of drug-likeness (QED) is 0.631. The molecule has 0 aromatic heterocycles. The molecule has 1 heterocycles. The molecule has 2 rings (SSSR count). The van der Waals surface area contributed by atoms with Crippen LogP contribution >= 0.6 is 0 Å². The summed E-state index contributed by atoms with van der Waals surface area (Å²) >= 11 is 0. The number of rotatable bonds is 1. The van der Waals surface area contributed by atoms with Crippen LogP contribution in [0.15, 0.2) is 0 Å². The molecule has 78 valence electrons. The Kier molecular flexibility index (Phi) is 2.82. The lowest BCUT2D eigenvalue weighted by atomic mass is 10.1. The molecule has 0 bridgehead atoms. The van der Waals surface area contributed by atoms with Gasteiger partial charge in [0.2, 0.25) is 5.91 Å². The summed E-state index contributed by atoms with van der Waals surface area (Å²) in [5.41, 5.74) is 0. The van der Waals surface area contributed by atoms with Gasteiger partial charge in [0.05, 0.1) is 0 Å². The van der Waals surface area contributed by atoms with Crippen molar-refractivity contribution in [1.82, 2.24) is 10.2 Å². The van der Waals surface area contributed by atoms with Crippen LogP contribution in [0.2, 0.25) is 0 Å². The zero-order chi connectivity index (χ0) is 9.97. The van der Waals surface area contributed by atoms with Gasteiger partial charge in [-0.2, -0.15) is 0 Å². The number of nitrogens with one attached hydrogen (secondary N) is 1. The Morgan fingerprint density at radius 3 is 2.64 bits per heavy atom. The Bertz CT molecular complexity index is 247. The van der Waals surface area contributed by atoms with E-state index in [4.69, 9.17) is 0 Å². The van der Waals surface area contributed by atoms with Crippen molar-refractivity contribution in [3.05, 3.63) is 0 Å². The van der Waals surface area contributed by atoms with Crippen molar-refractivity contribution < 1.29 is 9.59 Å². The highest BCUT2D eigenvalue weighted by molar-refractivity contribution is 5.90. The molecular formula is C10H16N2O2. The maximum Gasteiger partial charge on any atom is 0.226 e. The van der Waals surface area contributed by atoms with E-state index in [0.29, 0.717) is 12.8 Å². The van der Waals surface area contributed by atoms with Gasteiger partial charge in [0.15, 0.2) is 0 Å². The summed E-state index contributed by atoms with van der Waals surface area (Å²) in [6, 6.07) is 0. The van der Waals surface area contributed by atoms with Crippen molar-refractivity contribution in [2.75, 3.05) is 26.2 Å². The van der Waals surface area contributed by atoms with Gasteiger partial charge in [-0.1, -0.05) is 0 Å². The van der Waals surface area contributed by atoms with Gasteiger partial charge in [-0.3, -0.25) is 9.59 Å². The molecule has 4 heteroatoms. The topological polar surface area (TPSA) is 49.4 Å². The fourth-order valence-corrected chi connectivity index (χ4v) is 2.17. The third-order valence-corrected chi connectivity index (χ3v) is 3.02. The number of hydrogen-bond donors (Lipinski definition) is 1. The fraction of sp³-hybridized carbons (Fsp3) is 0.800. The molecule has 0 aromatic carbocycles. The zero-order valence-corrected chi connectivity index (χ0v) is 8.29. The predicted octanol–water partition coefficient (Wildman–Crippen LogP) is -0.213. The second kappa shape index (κ2) is 4.09. The molecule has 1 atom stereocenters. The molecule has 1 saturated heterocycles. The lowest BCUT2D eigenvalue weighted by molar-refractivity contribution is -0.136. The normalized spacial score (nSPS) is 28.1. The molecule has 1 aliphatic heterocycles. The number of hydrogen-bond acceptors (Lipinski definition) is 3. The average molecular weight is 196 g/mol. The van der Waals surface area contributed by atoms with Gasteiger partial charge in [-0.05, 0) is 6.42 Å². The summed E-state index contributed by atoms with van der Waals surface area (Å²) in [6.45, 7) is 3.35. The van der Waals surface area contributed by atoms with Crippen LogP contribution < -0.4 is 5.32 Å². The molecule has 2 aliphatic rings. The third-order valence-electron chi connectivity index (χ3n) is 3.02. The number of carbonyl (C=O) groups excluding carboxylic acids is 2. The van der Waals surface area contributed by atoms with Crippen molar-refractivity contribution in [1.29, 1.82) is 0 Å². The second-order valence-corrected chi connectivity index (χ2v) is 4.05. The highest BCUT2D eigenvalue weighted by atomic mass is 16.2. The number of carbonyl (C=O) groups is 2. The summed E-state index contributed by atoms with van der Waals surface area (Å²) < 4.78 is 0. The Hall–Kier alpha value is -0.900. The number of amides is 1. The molecule has 4 nitrogen and oxygen atoms in total. The van der Waals surface area contributed by atoms with Crippen LogP contribution in [0.5, 0.6) is 0 Å². The standard InChI is InChI=1S/C10H16N2O2/c13-9-2-1-8(7-9)10(14)12-5-3-11-4-6-12/h8,11H,1-7H2. The number of piperazine rings is 1. The van der Waals surface area contributed by atoms with Crippen LogP contribution in [0.1, 0.15) is 19.3 Å². The van der Waals surface area contributed by atoms with E-state index in [9.17, 15) is 9.59 Å². The molecule has 0 radical (unpaired) electrons. The van der Waals surface area contributed by atoms with Gasteiger partial charge in [0.25, 0.3) is 0 Å². The molecule has 1 N–H and O–H groups in total. The fourth-order valence-electron chi connectivity index (χ4n) is 2.17. The van der Waals surface area contributed by atoms with E-state index in [0.717, 1.165) is 32.6 Å². The Morgan fingerprint density at radius 1 is 1.36 bits per heavy atom. The van der Waals surface area contributed by atoms with E-state index in [1.54, 1.807) is 0 Å². The van der Waals surface area contributed by atoms with Gasteiger partial charge < -0.3 is 10.2 Å². The van der Waals surface area contributed by atoms with Gasteiger partial charge in [0.1, 0.15) is 5.78 Å². The largest absolute Gasteiger partial charge is 0.340 e. The predicted molar refractivity (Wildman–Crippen MR) is 51.8 cm³/mol. The van der Waals surface area contributed by atoms with Gasteiger partial charge in [0, 0.05) is 44.9 Å². The molecule has 1 saturated carbocycles. The number of nitrogens with zero attached hydrogens (tertiary/aromatic N) is 1. The molecule has 2 fully saturated rings. The van der Waals surface area contributed by atoms with Gasteiger partial charge in [-0.15, -0.1) is 0 Å². The van der Waals surface area contributed by atoms with E-state index in [2.05, 4.69) is 5.32 Å². The Balaban J connectivity index is 1.90. The SMILES string of the molecule is O=C1CCC(C(=O)N2CCNCC2)C1. The van der Waals surface area contributed by atoms with Gasteiger partial charge in [-0.25, -0.2) is 0 Å². The Morgan fingerprint density at radius 2 is 2.07 bits per heavy atom. The highest BCUT2D eigenvalue weighted by Gasteiger charge is 2.31. The van der Waals surface area contributed by atoms with Crippen LogP contribution in [-0.4, -0.2) is 42.8 Å². The maximum atomic E-state index is 11.9. The van der Waals surface area contributed by atoms with Crippen molar-refractivity contribution in [3.8, 4) is 0 Å². The van der Waals surface area contributed by atoms with Crippen LogP contribution in [0, 0.1) is 5.92 Å². The first-order valence-corrected chi connectivity index (χ1v) is 5.28. The molecule has 0 aromatic rings. The number of ketones is 1. The first kappa shape index (κ1) is 9.65. The van der Waals surface area contributed by atoms with E-state index in [1.807, 2.05) is 4.90 Å². The van der Waals surface area contributed by atoms with Crippen molar-refractivity contribution >= 4 is 11.7 Å². The third kappa shape index (κ3) is 1.95. The van der Waals surface area contributed by atoms with E-state index >= 15 is 0 Å². The molecular weight excluding hydrogens is 180 g/mol. The lowest BCUT2D eigenvalue weighted by Gasteiger charge is -2.29. The molecule has 0 spiro atoms. The van der Waals surface area contributed by atoms with Crippen LogP contribution in [-0.2, 0) is 9.59 Å². The van der Waals surface area contributed by atoms with Crippen molar-refractivity contribution in [2.45, 2.75) is 19.3 Å². The van der Waals surface area contributed by atoms with Crippen LogP contribution in [0.3, 0.4) is 0 Å². The summed E-state index contributed by atoms with van der Waals surface area (Å²) in [6.07, 6.45) is 1.84. The molecule has 1 amide bonds. The van der Waals surface area contributed by atoms with Crippen molar-refractivity contribution in [2.24, 2.45) is 5.92 Å².